The quantitative estimate of drug-likeness (QED) is 0.686. The second-order valence-electron chi connectivity index (χ2n) is 4.75. The van der Waals surface area contributed by atoms with E-state index in [9.17, 15) is 10.0 Å². The van der Waals surface area contributed by atoms with Gasteiger partial charge < -0.3 is 20.0 Å². The van der Waals surface area contributed by atoms with E-state index in [0.29, 0.717) is 21.8 Å². The minimum atomic E-state index is -0.235. The number of nitrogens with zero attached hydrogens (tertiary/aromatic N) is 1. The molecule has 1 N–H and O–H groups in total. The Bertz CT molecular complexity index is 670. The third-order valence-electron chi connectivity index (χ3n) is 3.31. The fraction of sp³-hybridized carbons (Fsp3) is 0.200. The summed E-state index contributed by atoms with van der Waals surface area (Å²) in [5.74, 6) is 1.15. The van der Waals surface area contributed by atoms with E-state index in [1.165, 1.54) is 24.5 Å². The number of carbonyl (C=O) groups excluding carboxylic acids is 1. The van der Waals surface area contributed by atoms with Crippen LogP contribution in [0, 0.1) is 5.21 Å². The van der Waals surface area contributed by atoms with Crippen molar-refractivity contribution in [2.45, 2.75) is 13.0 Å². The van der Waals surface area contributed by atoms with Crippen molar-refractivity contribution in [3.05, 3.63) is 59.1 Å². The number of nitrogens with one attached hydrogen (secondary N) is 1. The van der Waals surface area contributed by atoms with E-state index in [0.717, 1.165) is 5.56 Å². The molecule has 1 aliphatic rings. The van der Waals surface area contributed by atoms with E-state index in [-0.39, 0.29) is 18.7 Å². The Morgan fingerprint density at radius 1 is 1.24 bits per heavy atom. The van der Waals surface area contributed by atoms with Crippen molar-refractivity contribution >= 4 is 5.91 Å². The van der Waals surface area contributed by atoms with Gasteiger partial charge >= 0.3 is 0 Å². The van der Waals surface area contributed by atoms with E-state index in [2.05, 4.69) is 5.32 Å². The van der Waals surface area contributed by atoms with Gasteiger partial charge in [-0.25, -0.2) is 0 Å². The van der Waals surface area contributed by atoms with Crippen molar-refractivity contribution in [1.29, 1.82) is 0 Å². The zero-order valence-corrected chi connectivity index (χ0v) is 11.4. The number of ether oxygens (including phenoxy) is 2. The van der Waals surface area contributed by atoms with Gasteiger partial charge in [-0.15, -0.1) is 0 Å². The molecule has 0 radical (unpaired) electrons. The Kier molecular flexibility index (Phi) is 3.35. The number of carbonyl (C=O) groups is 1. The Morgan fingerprint density at radius 2 is 1.95 bits per heavy atom. The topological polar surface area (TPSA) is 74.5 Å². The lowest BCUT2D eigenvalue weighted by atomic mass is 10.1. The van der Waals surface area contributed by atoms with Gasteiger partial charge in [0.2, 0.25) is 6.79 Å². The van der Waals surface area contributed by atoms with Gasteiger partial charge in [0.05, 0.1) is 11.6 Å². The molecule has 1 aromatic carbocycles. The van der Waals surface area contributed by atoms with E-state index < -0.39 is 0 Å². The number of hydrogen-bond donors (Lipinski definition) is 1. The zero-order valence-electron chi connectivity index (χ0n) is 11.4. The standard InChI is InChI=1S/C15H14N2O4/c1-10(12-2-3-13-14(8-12)21-9-20-13)16-15(18)11-4-6-17(19)7-5-11/h2-8,10H,9H2,1H3,(H,16,18). The van der Waals surface area contributed by atoms with Crippen LogP contribution in [0.2, 0.25) is 0 Å². The Hall–Kier alpha value is -2.76. The van der Waals surface area contributed by atoms with Gasteiger partial charge in [-0.2, -0.15) is 4.73 Å². The fourth-order valence-corrected chi connectivity index (χ4v) is 2.11. The summed E-state index contributed by atoms with van der Waals surface area (Å²) in [5.41, 5.74) is 1.36. The number of fused-ring (bicyclic) bond motifs is 1. The van der Waals surface area contributed by atoms with Crippen LogP contribution in [-0.4, -0.2) is 12.7 Å². The van der Waals surface area contributed by atoms with Gasteiger partial charge in [-0.1, -0.05) is 6.07 Å². The van der Waals surface area contributed by atoms with Crippen LogP contribution in [0.5, 0.6) is 11.5 Å². The molecule has 0 saturated heterocycles. The number of benzene rings is 1. The molecular weight excluding hydrogens is 272 g/mol. The normalized spacial score (nSPS) is 13.8. The van der Waals surface area contributed by atoms with Crippen molar-refractivity contribution in [3.63, 3.8) is 0 Å². The second kappa shape index (κ2) is 5.32. The average Bonchev–Trinajstić information content (AvgIpc) is 2.95. The Balaban J connectivity index is 1.72. The molecule has 3 rings (SSSR count). The maximum Gasteiger partial charge on any atom is 0.252 e. The molecule has 0 fully saturated rings. The SMILES string of the molecule is CC(NC(=O)c1cc[n+]([O-])cc1)c1ccc2c(c1)OCO2. The average molecular weight is 286 g/mol. The molecule has 0 saturated carbocycles. The molecule has 0 aliphatic carbocycles. The first kappa shape index (κ1) is 13.2. The first-order valence-corrected chi connectivity index (χ1v) is 6.53. The first-order chi connectivity index (χ1) is 10.1. The third-order valence-corrected chi connectivity index (χ3v) is 3.31. The molecule has 6 heteroatoms. The van der Waals surface area contributed by atoms with Gasteiger partial charge in [0, 0.05) is 12.1 Å². The van der Waals surface area contributed by atoms with Crippen LogP contribution in [0.15, 0.2) is 42.7 Å². The molecule has 1 aromatic heterocycles. The highest BCUT2D eigenvalue weighted by Crippen LogP contribution is 2.34. The smallest absolute Gasteiger partial charge is 0.252 e. The van der Waals surface area contributed by atoms with Gasteiger partial charge in [-0.05, 0) is 24.6 Å². The zero-order chi connectivity index (χ0) is 14.8. The summed E-state index contributed by atoms with van der Waals surface area (Å²) < 4.78 is 11.2. The van der Waals surface area contributed by atoms with Crippen LogP contribution < -0.4 is 19.5 Å². The van der Waals surface area contributed by atoms with Gasteiger partial charge in [0.15, 0.2) is 23.9 Å². The minimum absolute atomic E-state index is 0.188. The van der Waals surface area contributed by atoms with Crippen molar-refractivity contribution < 1.29 is 19.0 Å². The molecule has 1 unspecified atom stereocenters. The highest BCUT2D eigenvalue weighted by molar-refractivity contribution is 5.94. The van der Waals surface area contributed by atoms with Crippen LogP contribution >= 0.6 is 0 Å². The number of hydrogen-bond acceptors (Lipinski definition) is 4. The molecule has 2 aromatic rings. The fourth-order valence-electron chi connectivity index (χ4n) is 2.11. The predicted octanol–water partition coefficient (Wildman–Crippen LogP) is 1.54. The van der Waals surface area contributed by atoms with Gasteiger partial charge in [0.1, 0.15) is 0 Å². The number of aromatic nitrogens is 1. The molecule has 21 heavy (non-hydrogen) atoms. The van der Waals surface area contributed by atoms with Crippen molar-refractivity contribution in [2.24, 2.45) is 0 Å². The lowest BCUT2D eigenvalue weighted by molar-refractivity contribution is -0.605. The highest BCUT2D eigenvalue weighted by atomic mass is 16.7. The summed E-state index contributed by atoms with van der Waals surface area (Å²) in [6.07, 6.45) is 2.58. The largest absolute Gasteiger partial charge is 0.619 e. The molecular formula is C15H14N2O4. The van der Waals surface area contributed by atoms with Gasteiger partial charge in [-0.3, -0.25) is 4.79 Å². The van der Waals surface area contributed by atoms with Crippen LogP contribution in [-0.2, 0) is 0 Å². The molecule has 0 spiro atoms. The van der Waals surface area contributed by atoms with Crippen LogP contribution in [0.25, 0.3) is 0 Å². The molecule has 108 valence electrons. The predicted molar refractivity (Wildman–Crippen MR) is 73.8 cm³/mol. The Labute approximate surface area is 121 Å². The summed E-state index contributed by atoms with van der Waals surface area (Å²) >= 11 is 0. The van der Waals surface area contributed by atoms with Gasteiger partial charge in [0.25, 0.3) is 5.91 Å². The summed E-state index contributed by atoms with van der Waals surface area (Å²) in [4.78, 5) is 12.1. The van der Waals surface area contributed by atoms with E-state index >= 15 is 0 Å². The third kappa shape index (κ3) is 2.74. The summed E-state index contributed by atoms with van der Waals surface area (Å²) in [5, 5.41) is 13.8. The van der Waals surface area contributed by atoms with Crippen LogP contribution in [0.4, 0.5) is 0 Å². The summed E-state index contributed by atoms with van der Waals surface area (Å²) in [7, 11) is 0. The minimum Gasteiger partial charge on any atom is -0.619 e. The van der Waals surface area contributed by atoms with E-state index in [4.69, 9.17) is 9.47 Å². The number of pyridine rings is 1. The molecule has 2 heterocycles. The monoisotopic (exact) mass is 286 g/mol. The molecule has 6 nitrogen and oxygen atoms in total. The number of rotatable bonds is 3. The van der Waals surface area contributed by atoms with Crippen LogP contribution in [0.1, 0.15) is 28.9 Å². The summed E-state index contributed by atoms with van der Waals surface area (Å²) in [6, 6.07) is 8.33. The van der Waals surface area contributed by atoms with E-state index in [1.54, 1.807) is 0 Å². The van der Waals surface area contributed by atoms with Crippen LogP contribution in [0.3, 0.4) is 0 Å². The Morgan fingerprint density at radius 3 is 2.71 bits per heavy atom. The highest BCUT2D eigenvalue weighted by Gasteiger charge is 2.17. The molecule has 1 amide bonds. The van der Waals surface area contributed by atoms with Crippen molar-refractivity contribution in [1.82, 2.24) is 5.32 Å². The molecule has 1 atom stereocenters. The lowest BCUT2D eigenvalue weighted by Crippen LogP contribution is -2.29. The second-order valence-corrected chi connectivity index (χ2v) is 4.75. The first-order valence-electron chi connectivity index (χ1n) is 6.53. The van der Waals surface area contributed by atoms with E-state index in [1.807, 2.05) is 25.1 Å². The summed E-state index contributed by atoms with van der Waals surface area (Å²) in [6.45, 7) is 2.10. The maximum atomic E-state index is 12.1. The molecule has 0 bridgehead atoms. The molecule has 1 aliphatic heterocycles. The van der Waals surface area contributed by atoms with Crippen molar-refractivity contribution in [3.8, 4) is 11.5 Å². The lowest BCUT2D eigenvalue weighted by Gasteiger charge is -2.14. The number of amides is 1. The maximum absolute atomic E-state index is 12.1. The van der Waals surface area contributed by atoms with Crippen molar-refractivity contribution in [2.75, 3.05) is 6.79 Å².